The first-order chi connectivity index (χ1) is 14.0. The van der Waals surface area contributed by atoms with Crippen LogP contribution in [0.3, 0.4) is 0 Å². The van der Waals surface area contributed by atoms with Crippen LogP contribution in [0.15, 0.2) is 33.9 Å². The Balaban J connectivity index is 1.58. The van der Waals surface area contributed by atoms with Crippen molar-refractivity contribution in [3.05, 3.63) is 56.6 Å². The van der Waals surface area contributed by atoms with Crippen molar-refractivity contribution in [1.82, 2.24) is 29.6 Å². The van der Waals surface area contributed by atoms with Gasteiger partial charge in [-0.05, 0) is 38.8 Å². The number of hydrogen-bond donors (Lipinski definition) is 2. The molecule has 9 heteroatoms. The van der Waals surface area contributed by atoms with Gasteiger partial charge in [-0.3, -0.25) is 14.6 Å². The van der Waals surface area contributed by atoms with Crippen LogP contribution in [0.5, 0.6) is 0 Å². The standard InChI is InChI=1S/C20H24N6O3/c1-12(2)26-15-7-4-3-6-13(15)21-18(26)16-8-5-11-25(16)17(27)10-9-14-19(28)22-20(29)24-23-14/h3-4,6-7,12,16H,5,8-11H2,1-2H3,(H2,22,24,28,29). The average Bonchev–Trinajstić information content (AvgIpc) is 3.31. The molecule has 0 radical (unpaired) electrons. The van der Waals surface area contributed by atoms with Crippen LogP contribution in [0, 0.1) is 0 Å². The van der Waals surface area contributed by atoms with Gasteiger partial charge in [-0.2, -0.15) is 5.10 Å². The van der Waals surface area contributed by atoms with Crippen LogP contribution in [0.4, 0.5) is 0 Å². The number of aromatic nitrogens is 5. The van der Waals surface area contributed by atoms with E-state index >= 15 is 0 Å². The van der Waals surface area contributed by atoms with Crippen LogP contribution in [0.1, 0.15) is 56.7 Å². The maximum atomic E-state index is 13.0. The molecule has 1 amide bonds. The maximum Gasteiger partial charge on any atom is 0.342 e. The van der Waals surface area contributed by atoms with E-state index in [1.165, 1.54) is 0 Å². The summed E-state index contributed by atoms with van der Waals surface area (Å²) in [6.45, 7) is 4.90. The smallest absolute Gasteiger partial charge is 0.332 e. The molecule has 2 aromatic heterocycles. The fraction of sp³-hybridized carbons (Fsp3) is 0.450. The predicted octanol–water partition coefficient (Wildman–Crippen LogP) is 1.69. The van der Waals surface area contributed by atoms with Crippen LogP contribution in [-0.2, 0) is 11.2 Å². The minimum absolute atomic E-state index is 0.0396. The number of likely N-dealkylation sites (tertiary alicyclic amines) is 1. The second kappa shape index (κ2) is 7.65. The lowest BCUT2D eigenvalue weighted by molar-refractivity contribution is -0.132. The number of para-hydroxylation sites is 2. The Bertz CT molecular complexity index is 1160. The molecule has 3 aromatic rings. The number of H-pyrrole nitrogens is 2. The number of rotatable bonds is 5. The monoisotopic (exact) mass is 396 g/mol. The van der Waals surface area contributed by atoms with Crippen molar-refractivity contribution in [3.8, 4) is 0 Å². The minimum Gasteiger partial charge on any atom is -0.332 e. The first kappa shape index (κ1) is 19.1. The zero-order chi connectivity index (χ0) is 20.5. The first-order valence-electron chi connectivity index (χ1n) is 9.90. The molecule has 1 fully saturated rings. The summed E-state index contributed by atoms with van der Waals surface area (Å²) >= 11 is 0. The Morgan fingerprint density at radius 1 is 1.28 bits per heavy atom. The Kier molecular flexibility index (Phi) is 5.04. The van der Waals surface area contributed by atoms with E-state index in [1.54, 1.807) is 0 Å². The van der Waals surface area contributed by atoms with Gasteiger partial charge in [-0.25, -0.2) is 14.9 Å². The van der Waals surface area contributed by atoms with Crippen LogP contribution < -0.4 is 11.2 Å². The van der Waals surface area contributed by atoms with Crippen molar-refractivity contribution >= 4 is 16.9 Å². The number of fused-ring (bicyclic) bond motifs is 1. The van der Waals surface area contributed by atoms with E-state index in [0.717, 1.165) is 29.7 Å². The van der Waals surface area contributed by atoms with Gasteiger partial charge >= 0.3 is 5.69 Å². The molecule has 4 rings (SSSR count). The average molecular weight is 396 g/mol. The highest BCUT2D eigenvalue weighted by Crippen LogP contribution is 2.35. The van der Waals surface area contributed by atoms with Crippen molar-refractivity contribution in [3.63, 3.8) is 0 Å². The predicted molar refractivity (Wildman–Crippen MR) is 108 cm³/mol. The van der Waals surface area contributed by atoms with Gasteiger partial charge in [-0.1, -0.05) is 12.1 Å². The summed E-state index contributed by atoms with van der Waals surface area (Å²) in [5, 5.41) is 5.96. The van der Waals surface area contributed by atoms with Crippen molar-refractivity contribution in [2.24, 2.45) is 0 Å². The van der Waals surface area contributed by atoms with Crippen LogP contribution in [0.2, 0.25) is 0 Å². The Morgan fingerprint density at radius 2 is 2.07 bits per heavy atom. The third kappa shape index (κ3) is 3.59. The molecule has 1 saturated heterocycles. The van der Waals surface area contributed by atoms with Gasteiger partial charge in [0, 0.05) is 25.4 Å². The lowest BCUT2D eigenvalue weighted by Gasteiger charge is -2.26. The van der Waals surface area contributed by atoms with Crippen LogP contribution >= 0.6 is 0 Å². The summed E-state index contributed by atoms with van der Waals surface area (Å²) in [6, 6.07) is 8.15. The van der Waals surface area contributed by atoms with Crippen LogP contribution in [-0.4, -0.2) is 42.1 Å². The van der Waals surface area contributed by atoms with Gasteiger partial charge in [-0.15, -0.1) is 0 Å². The first-order valence-corrected chi connectivity index (χ1v) is 9.90. The number of hydrogen-bond acceptors (Lipinski definition) is 5. The molecule has 0 spiro atoms. The molecule has 0 aliphatic carbocycles. The highest BCUT2D eigenvalue weighted by Gasteiger charge is 2.34. The zero-order valence-electron chi connectivity index (χ0n) is 16.5. The van der Waals surface area contributed by atoms with Crippen molar-refractivity contribution in [2.75, 3.05) is 6.54 Å². The molecular formula is C20H24N6O3. The second-order valence-corrected chi connectivity index (χ2v) is 7.62. The number of amides is 1. The quantitative estimate of drug-likeness (QED) is 0.681. The van der Waals surface area contributed by atoms with E-state index in [0.29, 0.717) is 6.54 Å². The van der Waals surface area contributed by atoms with Gasteiger partial charge in [0.1, 0.15) is 11.5 Å². The molecular weight excluding hydrogens is 372 g/mol. The number of imidazole rings is 1. The number of carbonyl (C=O) groups excluding carboxylic acids is 1. The number of nitrogens with one attached hydrogen (secondary N) is 2. The summed E-state index contributed by atoms with van der Waals surface area (Å²) in [7, 11) is 0. The van der Waals surface area contributed by atoms with Gasteiger partial charge in [0.05, 0.1) is 17.1 Å². The van der Waals surface area contributed by atoms with Gasteiger partial charge in [0.15, 0.2) is 0 Å². The fourth-order valence-corrected chi connectivity index (χ4v) is 4.09. The molecule has 9 nitrogen and oxygen atoms in total. The number of benzene rings is 1. The molecule has 2 N–H and O–H groups in total. The molecule has 3 heterocycles. The van der Waals surface area contributed by atoms with E-state index in [4.69, 9.17) is 4.98 Å². The molecule has 1 aliphatic rings. The zero-order valence-corrected chi connectivity index (χ0v) is 16.5. The van der Waals surface area contributed by atoms with E-state index in [-0.39, 0.29) is 36.5 Å². The fourth-order valence-electron chi connectivity index (χ4n) is 4.09. The molecule has 1 aromatic carbocycles. The summed E-state index contributed by atoms with van der Waals surface area (Å²) in [4.78, 5) is 44.7. The van der Waals surface area contributed by atoms with E-state index < -0.39 is 11.2 Å². The topological polar surface area (TPSA) is 117 Å². The largest absolute Gasteiger partial charge is 0.342 e. The highest BCUT2D eigenvalue weighted by atomic mass is 16.2. The Hall–Kier alpha value is -3.23. The molecule has 0 saturated carbocycles. The molecule has 1 aliphatic heterocycles. The Morgan fingerprint density at radius 3 is 2.83 bits per heavy atom. The number of aryl methyl sites for hydroxylation is 1. The normalized spacial score (nSPS) is 16.8. The minimum atomic E-state index is -0.655. The lowest BCUT2D eigenvalue weighted by Crippen LogP contribution is -2.33. The van der Waals surface area contributed by atoms with E-state index in [1.807, 2.05) is 23.1 Å². The van der Waals surface area contributed by atoms with Crippen LogP contribution in [0.25, 0.3) is 11.0 Å². The number of carbonyl (C=O) groups is 1. The summed E-state index contributed by atoms with van der Waals surface area (Å²) in [5.74, 6) is 0.870. The van der Waals surface area contributed by atoms with E-state index in [2.05, 4.69) is 39.7 Å². The molecule has 152 valence electrons. The summed E-state index contributed by atoms with van der Waals surface area (Å²) < 4.78 is 2.21. The molecule has 1 atom stereocenters. The van der Waals surface area contributed by atoms with Gasteiger partial charge in [0.25, 0.3) is 5.56 Å². The van der Waals surface area contributed by atoms with Crippen molar-refractivity contribution in [1.29, 1.82) is 0 Å². The third-order valence-electron chi connectivity index (χ3n) is 5.37. The number of aromatic amines is 2. The van der Waals surface area contributed by atoms with Crippen molar-refractivity contribution < 1.29 is 4.79 Å². The van der Waals surface area contributed by atoms with Crippen molar-refractivity contribution in [2.45, 2.75) is 51.6 Å². The number of nitrogens with zero attached hydrogens (tertiary/aromatic N) is 4. The third-order valence-corrected chi connectivity index (χ3v) is 5.37. The second-order valence-electron chi connectivity index (χ2n) is 7.62. The SMILES string of the molecule is CC(C)n1c(C2CCCN2C(=O)CCc2n[nH]c(=O)[nH]c2=O)nc2ccccc21. The summed E-state index contributed by atoms with van der Waals surface area (Å²) in [5.41, 5.74) is 0.946. The maximum absolute atomic E-state index is 13.0. The summed E-state index contributed by atoms with van der Waals surface area (Å²) in [6.07, 6.45) is 2.10. The Labute approximate surface area is 166 Å². The molecule has 29 heavy (non-hydrogen) atoms. The van der Waals surface area contributed by atoms with Gasteiger partial charge in [0.2, 0.25) is 5.91 Å². The van der Waals surface area contributed by atoms with Gasteiger partial charge < -0.3 is 9.47 Å². The molecule has 1 unspecified atom stereocenters. The van der Waals surface area contributed by atoms with E-state index in [9.17, 15) is 14.4 Å². The lowest BCUT2D eigenvalue weighted by atomic mass is 10.1. The molecule has 0 bridgehead atoms. The highest BCUT2D eigenvalue weighted by molar-refractivity contribution is 5.78.